The molecule has 10 nitrogen and oxygen atoms in total. The summed E-state index contributed by atoms with van der Waals surface area (Å²) in [5.41, 5.74) is 4.22. The average Bonchev–Trinajstić information content (AvgIpc) is 3.29. The van der Waals surface area contributed by atoms with E-state index in [1.165, 1.54) is 36.2 Å². The first-order valence-electron chi connectivity index (χ1n) is 9.93. The van der Waals surface area contributed by atoms with Crippen molar-refractivity contribution in [2.75, 3.05) is 5.75 Å². The number of thioether (sulfide) groups is 1. The number of carbonyl (C=O) groups excluding carboxylic acids is 1. The van der Waals surface area contributed by atoms with Gasteiger partial charge in [-0.05, 0) is 42.5 Å². The van der Waals surface area contributed by atoms with E-state index in [2.05, 4.69) is 41.6 Å². The van der Waals surface area contributed by atoms with E-state index < -0.39 is 10.8 Å². The highest BCUT2D eigenvalue weighted by Gasteiger charge is 2.17. The molecule has 35 heavy (non-hydrogen) atoms. The van der Waals surface area contributed by atoms with Crippen LogP contribution in [-0.4, -0.2) is 42.5 Å². The van der Waals surface area contributed by atoms with E-state index in [0.717, 1.165) is 15.7 Å². The molecule has 1 N–H and O–H groups in total. The summed E-state index contributed by atoms with van der Waals surface area (Å²) in [5.74, 6) is 0.213. The van der Waals surface area contributed by atoms with Gasteiger partial charge in [0.1, 0.15) is 0 Å². The molecule has 0 fully saturated rings. The second kappa shape index (κ2) is 11.2. The van der Waals surface area contributed by atoms with E-state index in [-0.39, 0.29) is 16.5 Å². The highest BCUT2D eigenvalue weighted by Crippen LogP contribution is 2.28. The number of aromatic nitrogens is 4. The van der Waals surface area contributed by atoms with Gasteiger partial charge in [-0.3, -0.25) is 24.5 Å². The molecule has 1 amide bonds. The Morgan fingerprint density at radius 3 is 2.63 bits per heavy atom. The zero-order valence-electron chi connectivity index (χ0n) is 17.7. The van der Waals surface area contributed by atoms with Crippen molar-refractivity contribution in [1.29, 1.82) is 0 Å². The number of pyridine rings is 1. The minimum absolute atomic E-state index is 0.00498. The predicted octanol–water partition coefficient (Wildman–Crippen LogP) is 4.90. The Bertz CT molecular complexity index is 1400. The Kier molecular flexibility index (Phi) is 7.85. The molecule has 0 radical (unpaired) electrons. The fourth-order valence-corrected chi connectivity index (χ4v) is 4.13. The SMILES string of the molecule is O=C(CSc1nnc(-c2ccncc2)n1-c1ccc(Br)cc1)N/N=C/c1cc([N+](=O)[O-])ccc1Cl. The molecule has 176 valence electrons. The molecule has 13 heteroatoms. The minimum Gasteiger partial charge on any atom is -0.272 e. The van der Waals surface area contributed by atoms with Crippen LogP contribution < -0.4 is 5.43 Å². The number of nitrogens with zero attached hydrogens (tertiary/aromatic N) is 6. The first-order valence-corrected chi connectivity index (χ1v) is 12.1. The second-order valence-electron chi connectivity index (χ2n) is 6.90. The van der Waals surface area contributed by atoms with E-state index in [1.807, 2.05) is 41.0 Å². The summed E-state index contributed by atoms with van der Waals surface area (Å²) in [6.07, 6.45) is 4.59. The topological polar surface area (TPSA) is 128 Å². The highest BCUT2D eigenvalue weighted by atomic mass is 79.9. The average molecular weight is 573 g/mol. The van der Waals surface area contributed by atoms with Gasteiger partial charge in [0.05, 0.1) is 16.9 Å². The molecule has 0 saturated carbocycles. The Hall–Kier alpha value is -3.61. The molecule has 2 aromatic heterocycles. The molecule has 0 aliphatic carbocycles. The third-order valence-electron chi connectivity index (χ3n) is 4.57. The molecule has 4 aromatic rings. The van der Waals surface area contributed by atoms with Crippen LogP contribution in [0.3, 0.4) is 0 Å². The minimum atomic E-state index is -0.537. The molecular formula is C22H15BrClN7O3S. The summed E-state index contributed by atoms with van der Waals surface area (Å²) < 4.78 is 2.78. The molecular weight excluding hydrogens is 558 g/mol. The van der Waals surface area contributed by atoms with Crippen molar-refractivity contribution >= 4 is 57.1 Å². The number of amides is 1. The number of benzene rings is 2. The number of halogens is 2. The molecule has 0 aliphatic rings. The molecule has 2 aromatic carbocycles. The molecule has 0 unspecified atom stereocenters. The number of hydrogen-bond donors (Lipinski definition) is 1. The van der Waals surface area contributed by atoms with Gasteiger partial charge in [-0.1, -0.05) is 39.3 Å². The number of nitrogens with one attached hydrogen (secondary N) is 1. The van der Waals surface area contributed by atoms with Gasteiger partial charge in [-0.25, -0.2) is 5.43 Å². The van der Waals surface area contributed by atoms with Crippen LogP contribution in [0.4, 0.5) is 5.69 Å². The predicted molar refractivity (Wildman–Crippen MR) is 137 cm³/mol. The third-order valence-corrected chi connectivity index (χ3v) is 6.37. The first-order chi connectivity index (χ1) is 16.9. The summed E-state index contributed by atoms with van der Waals surface area (Å²) in [4.78, 5) is 26.8. The quantitative estimate of drug-likeness (QED) is 0.138. The van der Waals surface area contributed by atoms with Gasteiger partial charge in [0.25, 0.3) is 11.6 Å². The Balaban J connectivity index is 1.49. The largest absolute Gasteiger partial charge is 0.272 e. The molecule has 0 bridgehead atoms. The summed E-state index contributed by atoms with van der Waals surface area (Å²) in [6.45, 7) is 0. The zero-order chi connectivity index (χ0) is 24.8. The van der Waals surface area contributed by atoms with Crippen molar-refractivity contribution < 1.29 is 9.72 Å². The number of rotatable bonds is 8. The maximum Gasteiger partial charge on any atom is 0.270 e. The number of hydrazone groups is 1. The molecule has 0 spiro atoms. The van der Waals surface area contributed by atoms with Crippen LogP contribution in [0, 0.1) is 10.1 Å². The number of non-ortho nitro benzene ring substituents is 1. The second-order valence-corrected chi connectivity index (χ2v) is 9.16. The van der Waals surface area contributed by atoms with E-state index in [1.54, 1.807) is 12.4 Å². The van der Waals surface area contributed by atoms with E-state index in [0.29, 0.717) is 16.5 Å². The van der Waals surface area contributed by atoms with Gasteiger partial charge in [-0.15, -0.1) is 10.2 Å². The fraction of sp³-hybridized carbons (Fsp3) is 0.0455. The van der Waals surface area contributed by atoms with Gasteiger partial charge in [-0.2, -0.15) is 5.10 Å². The van der Waals surface area contributed by atoms with Gasteiger partial charge in [0, 0.05) is 50.8 Å². The van der Waals surface area contributed by atoms with Crippen LogP contribution in [0.15, 0.2) is 81.7 Å². The van der Waals surface area contributed by atoms with E-state index in [9.17, 15) is 14.9 Å². The lowest BCUT2D eigenvalue weighted by Gasteiger charge is -2.10. The molecule has 0 saturated heterocycles. The molecule has 4 rings (SSSR count). The van der Waals surface area contributed by atoms with Gasteiger partial charge in [0.2, 0.25) is 0 Å². The number of nitro groups is 1. The maximum atomic E-state index is 12.4. The maximum absolute atomic E-state index is 12.4. The summed E-state index contributed by atoms with van der Waals surface area (Å²) >= 11 is 10.7. The van der Waals surface area contributed by atoms with Crippen LogP contribution in [0.5, 0.6) is 0 Å². The summed E-state index contributed by atoms with van der Waals surface area (Å²) in [7, 11) is 0. The van der Waals surface area contributed by atoms with Crippen LogP contribution in [-0.2, 0) is 4.79 Å². The van der Waals surface area contributed by atoms with Crippen LogP contribution >= 0.6 is 39.3 Å². The van der Waals surface area contributed by atoms with E-state index in [4.69, 9.17) is 11.6 Å². The Labute approximate surface area is 216 Å². The number of hydrogen-bond acceptors (Lipinski definition) is 8. The van der Waals surface area contributed by atoms with Crippen molar-refractivity contribution in [2.45, 2.75) is 5.16 Å². The first kappa shape index (κ1) is 24.5. The summed E-state index contributed by atoms with van der Waals surface area (Å²) in [5, 5.41) is 24.2. The van der Waals surface area contributed by atoms with Crippen LogP contribution in [0.2, 0.25) is 5.02 Å². The number of nitro benzene ring substituents is 1. The van der Waals surface area contributed by atoms with Crippen molar-refractivity contribution in [3.8, 4) is 17.1 Å². The van der Waals surface area contributed by atoms with Crippen molar-refractivity contribution in [3.63, 3.8) is 0 Å². The highest BCUT2D eigenvalue weighted by molar-refractivity contribution is 9.10. The lowest BCUT2D eigenvalue weighted by Crippen LogP contribution is -2.20. The lowest BCUT2D eigenvalue weighted by molar-refractivity contribution is -0.384. The van der Waals surface area contributed by atoms with Gasteiger partial charge < -0.3 is 0 Å². The Morgan fingerprint density at radius 2 is 1.91 bits per heavy atom. The lowest BCUT2D eigenvalue weighted by atomic mass is 10.2. The fourth-order valence-electron chi connectivity index (χ4n) is 2.95. The smallest absolute Gasteiger partial charge is 0.270 e. The molecule has 0 atom stereocenters. The monoisotopic (exact) mass is 571 g/mol. The normalized spacial score (nSPS) is 11.0. The third kappa shape index (κ3) is 6.10. The van der Waals surface area contributed by atoms with Crippen molar-refractivity contribution in [3.05, 3.63) is 92.2 Å². The van der Waals surface area contributed by atoms with Crippen molar-refractivity contribution in [1.82, 2.24) is 25.2 Å². The molecule has 2 heterocycles. The van der Waals surface area contributed by atoms with Gasteiger partial charge in [0.15, 0.2) is 11.0 Å². The number of carbonyl (C=O) groups is 1. The zero-order valence-corrected chi connectivity index (χ0v) is 20.9. The van der Waals surface area contributed by atoms with Crippen LogP contribution in [0.1, 0.15) is 5.56 Å². The van der Waals surface area contributed by atoms with Gasteiger partial charge >= 0.3 is 0 Å². The van der Waals surface area contributed by atoms with Crippen LogP contribution in [0.25, 0.3) is 17.1 Å². The Morgan fingerprint density at radius 1 is 1.17 bits per heavy atom. The molecule has 0 aliphatic heterocycles. The van der Waals surface area contributed by atoms with E-state index >= 15 is 0 Å². The summed E-state index contributed by atoms with van der Waals surface area (Å²) in [6, 6.07) is 15.2. The standard InChI is InChI=1S/C22H15BrClN7O3S/c23-16-1-3-17(4-2-16)30-21(14-7-9-25-10-8-14)28-29-22(30)35-13-20(32)27-26-12-15-11-18(31(33)34)5-6-19(15)24/h1-12H,13H2,(H,27,32)/b26-12+. The van der Waals surface area contributed by atoms with Crippen molar-refractivity contribution in [2.24, 2.45) is 5.10 Å².